The summed E-state index contributed by atoms with van der Waals surface area (Å²) < 4.78 is 5.67. The topological polar surface area (TPSA) is 50.7 Å². The Hall–Kier alpha value is -3.40. The number of nitrogens with one attached hydrogen (secondary N) is 1. The van der Waals surface area contributed by atoms with Crippen molar-refractivity contribution in [3.8, 4) is 5.75 Å². The molecule has 3 aromatic carbocycles. The van der Waals surface area contributed by atoms with E-state index < -0.39 is 0 Å². The zero-order valence-electron chi connectivity index (χ0n) is 18.9. The van der Waals surface area contributed by atoms with Crippen LogP contribution < -0.4 is 10.1 Å². The molecular formula is C27H30N2O2. The van der Waals surface area contributed by atoms with Gasteiger partial charge in [0.25, 0.3) is 5.91 Å². The van der Waals surface area contributed by atoms with E-state index in [4.69, 9.17) is 4.74 Å². The fourth-order valence-corrected chi connectivity index (χ4v) is 3.05. The lowest BCUT2D eigenvalue weighted by Gasteiger charge is -2.18. The van der Waals surface area contributed by atoms with Crippen molar-refractivity contribution in [2.45, 2.75) is 40.0 Å². The van der Waals surface area contributed by atoms with E-state index >= 15 is 0 Å². The summed E-state index contributed by atoms with van der Waals surface area (Å²) in [7, 11) is 0. The first-order valence-corrected chi connectivity index (χ1v) is 10.5. The Morgan fingerprint density at radius 1 is 0.968 bits per heavy atom. The molecule has 3 aromatic rings. The third-order valence-corrected chi connectivity index (χ3v) is 5.11. The third-order valence-electron chi connectivity index (χ3n) is 5.11. The number of carbonyl (C=O) groups is 1. The quantitative estimate of drug-likeness (QED) is 0.477. The molecule has 0 aliphatic heterocycles. The summed E-state index contributed by atoms with van der Waals surface area (Å²) in [5.41, 5.74) is 6.31. The van der Waals surface area contributed by atoms with Crippen LogP contribution in [-0.2, 0) is 10.2 Å². The highest BCUT2D eigenvalue weighted by molar-refractivity contribution is 5.92. The van der Waals surface area contributed by atoms with Gasteiger partial charge in [-0.1, -0.05) is 51.1 Å². The third kappa shape index (κ3) is 6.54. The van der Waals surface area contributed by atoms with Crippen LogP contribution in [0.2, 0.25) is 0 Å². The number of benzene rings is 3. The van der Waals surface area contributed by atoms with Crippen LogP contribution in [-0.4, -0.2) is 18.7 Å². The average Bonchev–Trinajstić information content (AvgIpc) is 2.73. The van der Waals surface area contributed by atoms with E-state index in [9.17, 15) is 4.79 Å². The van der Waals surface area contributed by atoms with Crippen LogP contribution in [0.4, 0.5) is 11.4 Å². The minimum atomic E-state index is -0.193. The van der Waals surface area contributed by atoms with E-state index in [0.717, 1.165) is 22.5 Å². The van der Waals surface area contributed by atoms with E-state index in [2.05, 4.69) is 43.2 Å². The molecule has 0 aliphatic carbocycles. The van der Waals surface area contributed by atoms with Crippen molar-refractivity contribution >= 4 is 23.5 Å². The lowest BCUT2D eigenvalue weighted by atomic mass is 9.87. The highest BCUT2D eigenvalue weighted by Crippen LogP contribution is 2.24. The second-order valence-corrected chi connectivity index (χ2v) is 8.76. The maximum Gasteiger partial charge on any atom is 0.262 e. The molecule has 0 heterocycles. The molecule has 1 N–H and O–H groups in total. The molecule has 0 aromatic heterocycles. The van der Waals surface area contributed by atoms with Gasteiger partial charge in [0.05, 0.1) is 5.69 Å². The molecule has 0 spiro atoms. The lowest BCUT2D eigenvalue weighted by molar-refractivity contribution is -0.118. The maximum atomic E-state index is 12.2. The van der Waals surface area contributed by atoms with Crippen LogP contribution >= 0.6 is 0 Å². The fourth-order valence-electron chi connectivity index (χ4n) is 3.05. The summed E-state index contributed by atoms with van der Waals surface area (Å²) in [4.78, 5) is 16.8. The van der Waals surface area contributed by atoms with Crippen molar-refractivity contribution < 1.29 is 9.53 Å². The van der Waals surface area contributed by atoms with Gasteiger partial charge in [0.2, 0.25) is 0 Å². The molecule has 0 bridgehead atoms. The first-order chi connectivity index (χ1) is 14.7. The van der Waals surface area contributed by atoms with E-state index in [1.807, 2.05) is 68.4 Å². The number of hydrogen-bond donors (Lipinski definition) is 1. The largest absolute Gasteiger partial charge is 0.484 e. The number of aliphatic imine (C=N–C) groups is 1. The number of hydrogen-bond acceptors (Lipinski definition) is 3. The average molecular weight is 415 g/mol. The number of aryl methyl sites for hydroxylation is 2. The fraction of sp³-hybridized carbons (Fsp3) is 0.259. The molecule has 0 radical (unpaired) electrons. The molecule has 1 amide bonds. The second kappa shape index (κ2) is 9.61. The minimum absolute atomic E-state index is 0.0538. The molecule has 4 nitrogen and oxygen atoms in total. The highest BCUT2D eigenvalue weighted by atomic mass is 16.5. The van der Waals surface area contributed by atoms with E-state index in [1.54, 1.807) is 6.21 Å². The van der Waals surface area contributed by atoms with Gasteiger partial charge in [-0.3, -0.25) is 9.79 Å². The molecule has 0 unspecified atom stereocenters. The summed E-state index contributed by atoms with van der Waals surface area (Å²) in [5.74, 6) is 0.434. The Kier molecular flexibility index (Phi) is 6.91. The van der Waals surface area contributed by atoms with Gasteiger partial charge < -0.3 is 10.1 Å². The lowest BCUT2D eigenvalue weighted by Crippen LogP contribution is -2.20. The Morgan fingerprint density at radius 2 is 1.71 bits per heavy atom. The van der Waals surface area contributed by atoms with E-state index in [-0.39, 0.29) is 17.9 Å². The van der Waals surface area contributed by atoms with Gasteiger partial charge in [0.1, 0.15) is 5.75 Å². The SMILES string of the molecule is Cc1ccc(NC(=O)COc2cccc(C=Nc3ccc(C(C)(C)C)cc3)c2)cc1C. The molecule has 31 heavy (non-hydrogen) atoms. The molecule has 0 saturated carbocycles. The number of carbonyl (C=O) groups excluding carboxylic acids is 1. The van der Waals surface area contributed by atoms with Crippen LogP contribution in [0.3, 0.4) is 0 Å². The van der Waals surface area contributed by atoms with Gasteiger partial charge >= 0.3 is 0 Å². The van der Waals surface area contributed by atoms with Gasteiger partial charge in [0.15, 0.2) is 6.61 Å². The smallest absolute Gasteiger partial charge is 0.262 e. The van der Waals surface area contributed by atoms with Crippen molar-refractivity contribution in [1.82, 2.24) is 0 Å². The van der Waals surface area contributed by atoms with Crippen LogP contribution in [0.5, 0.6) is 5.75 Å². The standard InChI is InChI=1S/C27H30N2O2/c1-19-9-12-24(15-20(19)2)29-26(30)18-31-25-8-6-7-21(16-25)17-28-23-13-10-22(11-14-23)27(3,4)5/h6-17H,18H2,1-5H3,(H,29,30). The van der Waals surface area contributed by atoms with Crippen LogP contribution in [0.25, 0.3) is 0 Å². The molecule has 4 heteroatoms. The normalized spacial score (nSPS) is 11.5. The maximum absolute atomic E-state index is 12.2. The van der Waals surface area contributed by atoms with Gasteiger partial charge in [-0.15, -0.1) is 0 Å². The number of anilines is 1. The molecule has 0 saturated heterocycles. The van der Waals surface area contributed by atoms with E-state index in [1.165, 1.54) is 11.1 Å². The first kappa shape index (κ1) is 22.3. The second-order valence-electron chi connectivity index (χ2n) is 8.76. The van der Waals surface area contributed by atoms with Gasteiger partial charge in [0, 0.05) is 11.9 Å². The summed E-state index contributed by atoms with van der Waals surface area (Å²) in [6.07, 6.45) is 1.80. The molecule has 0 atom stereocenters. The zero-order valence-corrected chi connectivity index (χ0v) is 18.9. The van der Waals surface area contributed by atoms with Crippen molar-refractivity contribution in [3.05, 3.63) is 89.0 Å². The van der Waals surface area contributed by atoms with E-state index in [0.29, 0.717) is 5.75 Å². The predicted molar refractivity (Wildman–Crippen MR) is 129 cm³/mol. The molecule has 3 rings (SSSR count). The molecule has 0 fully saturated rings. The minimum Gasteiger partial charge on any atom is -0.484 e. The Labute approximate surface area is 185 Å². The number of ether oxygens (including phenoxy) is 1. The van der Waals surface area contributed by atoms with Gasteiger partial charge in [-0.2, -0.15) is 0 Å². The summed E-state index contributed by atoms with van der Waals surface area (Å²) >= 11 is 0. The van der Waals surface area contributed by atoms with Crippen LogP contribution in [0, 0.1) is 13.8 Å². The monoisotopic (exact) mass is 414 g/mol. The first-order valence-electron chi connectivity index (χ1n) is 10.5. The number of rotatable bonds is 6. The van der Waals surface area contributed by atoms with Crippen molar-refractivity contribution in [2.75, 3.05) is 11.9 Å². The van der Waals surface area contributed by atoms with Crippen LogP contribution in [0.15, 0.2) is 71.7 Å². The van der Waals surface area contributed by atoms with Crippen molar-refractivity contribution in [3.63, 3.8) is 0 Å². The Balaban J connectivity index is 1.57. The van der Waals surface area contributed by atoms with Crippen molar-refractivity contribution in [1.29, 1.82) is 0 Å². The zero-order chi connectivity index (χ0) is 22.4. The number of nitrogens with zero attached hydrogens (tertiary/aromatic N) is 1. The number of amides is 1. The predicted octanol–water partition coefficient (Wildman–Crippen LogP) is 6.37. The molecular weight excluding hydrogens is 384 g/mol. The Morgan fingerprint density at radius 3 is 2.39 bits per heavy atom. The van der Waals surface area contributed by atoms with Crippen LogP contribution in [0.1, 0.15) is 43.0 Å². The molecule has 0 aliphatic rings. The van der Waals surface area contributed by atoms with Crippen molar-refractivity contribution in [2.24, 2.45) is 4.99 Å². The molecule has 160 valence electrons. The van der Waals surface area contributed by atoms with Gasteiger partial charge in [-0.05, 0) is 77.9 Å². The summed E-state index contributed by atoms with van der Waals surface area (Å²) in [6, 6.07) is 21.7. The van der Waals surface area contributed by atoms with Gasteiger partial charge in [-0.25, -0.2) is 0 Å². The summed E-state index contributed by atoms with van der Waals surface area (Å²) in [6.45, 7) is 10.6. The Bertz CT molecular complexity index is 1080. The highest BCUT2D eigenvalue weighted by Gasteiger charge is 2.12. The summed E-state index contributed by atoms with van der Waals surface area (Å²) in [5, 5.41) is 2.87.